The van der Waals surface area contributed by atoms with Gasteiger partial charge < -0.3 is 20.2 Å². The third kappa shape index (κ3) is 4.47. The Bertz CT molecular complexity index is 455. The molecule has 1 aliphatic heterocycles. The summed E-state index contributed by atoms with van der Waals surface area (Å²) < 4.78 is 5.74. The number of aliphatic hydroxyl groups is 1. The standard InChI is InChI=1S/C15H25N3O3/c1-11(10-19)17-15(20)16-9-13(18-7-3-4-8-18)14-6-5-12(2)21-14/h5-6,11,13,19H,3-4,7-10H2,1-2H3,(H2,16,17,20)/t11-,13?/m0/s1. The smallest absolute Gasteiger partial charge is 0.315 e. The number of aliphatic hydroxyl groups excluding tert-OH is 1. The average molecular weight is 295 g/mol. The number of rotatable bonds is 6. The molecule has 0 aliphatic carbocycles. The van der Waals surface area contributed by atoms with Gasteiger partial charge in [0.15, 0.2) is 0 Å². The summed E-state index contributed by atoms with van der Waals surface area (Å²) in [6.45, 7) is 6.17. The zero-order valence-corrected chi connectivity index (χ0v) is 12.8. The SMILES string of the molecule is Cc1ccc(C(CNC(=O)N[C@@H](C)CO)N2CCCC2)o1. The van der Waals surface area contributed by atoms with Crippen molar-refractivity contribution in [2.24, 2.45) is 0 Å². The lowest BCUT2D eigenvalue weighted by molar-refractivity contribution is 0.197. The molecule has 2 heterocycles. The Morgan fingerprint density at radius 1 is 1.43 bits per heavy atom. The topological polar surface area (TPSA) is 77.7 Å². The van der Waals surface area contributed by atoms with Crippen molar-refractivity contribution in [1.82, 2.24) is 15.5 Å². The molecule has 1 aromatic heterocycles. The van der Waals surface area contributed by atoms with Crippen molar-refractivity contribution in [3.8, 4) is 0 Å². The average Bonchev–Trinajstić information content (AvgIpc) is 3.11. The van der Waals surface area contributed by atoms with E-state index in [1.54, 1.807) is 6.92 Å². The molecule has 0 bridgehead atoms. The second-order valence-corrected chi connectivity index (χ2v) is 5.65. The maximum Gasteiger partial charge on any atom is 0.315 e. The van der Waals surface area contributed by atoms with Gasteiger partial charge in [-0.1, -0.05) is 0 Å². The van der Waals surface area contributed by atoms with Gasteiger partial charge in [-0.15, -0.1) is 0 Å². The minimum absolute atomic E-state index is 0.0661. The summed E-state index contributed by atoms with van der Waals surface area (Å²) in [5.74, 6) is 1.78. The lowest BCUT2D eigenvalue weighted by Gasteiger charge is -2.26. The Balaban J connectivity index is 1.94. The van der Waals surface area contributed by atoms with Crippen LogP contribution in [-0.2, 0) is 0 Å². The van der Waals surface area contributed by atoms with Crippen molar-refractivity contribution in [3.05, 3.63) is 23.7 Å². The summed E-state index contributed by atoms with van der Waals surface area (Å²) >= 11 is 0. The van der Waals surface area contributed by atoms with Gasteiger partial charge in [0.25, 0.3) is 0 Å². The van der Waals surface area contributed by atoms with Gasteiger partial charge in [-0.05, 0) is 51.9 Å². The van der Waals surface area contributed by atoms with E-state index >= 15 is 0 Å². The van der Waals surface area contributed by atoms with Crippen LogP contribution in [0.5, 0.6) is 0 Å². The van der Waals surface area contributed by atoms with Crippen LogP contribution in [0.1, 0.15) is 37.3 Å². The molecule has 6 heteroatoms. The van der Waals surface area contributed by atoms with E-state index in [2.05, 4.69) is 15.5 Å². The summed E-state index contributed by atoms with van der Waals surface area (Å²) in [6.07, 6.45) is 2.37. The van der Waals surface area contributed by atoms with Crippen molar-refractivity contribution in [1.29, 1.82) is 0 Å². The number of carbonyl (C=O) groups is 1. The molecule has 0 saturated carbocycles. The normalized spacial score (nSPS) is 18.4. The van der Waals surface area contributed by atoms with E-state index in [1.165, 1.54) is 12.8 Å². The summed E-state index contributed by atoms with van der Waals surface area (Å²) in [5, 5.41) is 14.5. The van der Waals surface area contributed by atoms with E-state index in [0.717, 1.165) is 24.6 Å². The number of hydrogen-bond acceptors (Lipinski definition) is 4. The molecule has 2 amide bonds. The van der Waals surface area contributed by atoms with Gasteiger partial charge in [0.05, 0.1) is 18.7 Å². The molecule has 1 unspecified atom stereocenters. The molecule has 2 rings (SSSR count). The van der Waals surface area contributed by atoms with Crippen LogP contribution in [0, 0.1) is 6.92 Å². The molecule has 1 aromatic rings. The zero-order chi connectivity index (χ0) is 15.2. The van der Waals surface area contributed by atoms with Crippen LogP contribution in [0.4, 0.5) is 4.79 Å². The fraction of sp³-hybridized carbons (Fsp3) is 0.667. The van der Waals surface area contributed by atoms with E-state index < -0.39 is 0 Å². The zero-order valence-electron chi connectivity index (χ0n) is 12.8. The minimum atomic E-state index is -0.260. The number of hydrogen-bond donors (Lipinski definition) is 3. The number of nitrogens with one attached hydrogen (secondary N) is 2. The van der Waals surface area contributed by atoms with Gasteiger partial charge in [-0.3, -0.25) is 4.90 Å². The van der Waals surface area contributed by atoms with E-state index in [9.17, 15) is 4.79 Å². The summed E-state index contributed by atoms with van der Waals surface area (Å²) in [6, 6.07) is 3.49. The molecule has 0 radical (unpaired) electrons. The molecule has 3 N–H and O–H groups in total. The van der Waals surface area contributed by atoms with Gasteiger partial charge >= 0.3 is 6.03 Å². The second-order valence-electron chi connectivity index (χ2n) is 5.65. The minimum Gasteiger partial charge on any atom is -0.465 e. The molecule has 1 fully saturated rings. The quantitative estimate of drug-likeness (QED) is 0.741. The van der Waals surface area contributed by atoms with E-state index in [0.29, 0.717) is 6.54 Å². The largest absolute Gasteiger partial charge is 0.465 e. The van der Waals surface area contributed by atoms with Gasteiger partial charge in [-0.2, -0.15) is 0 Å². The molecule has 1 saturated heterocycles. The Morgan fingerprint density at radius 3 is 2.71 bits per heavy atom. The van der Waals surface area contributed by atoms with Crippen molar-refractivity contribution >= 4 is 6.03 Å². The first-order valence-corrected chi connectivity index (χ1v) is 7.55. The van der Waals surface area contributed by atoms with Crippen molar-refractivity contribution in [3.63, 3.8) is 0 Å². The lowest BCUT2D eigenvalue weighted by atomic mass is 10.2. The summed E-state index contributed by atoms with van der Waals surface area (Å²) in [4.78, 5) is 14.1. The Morgan fingerprint density at radius 2 is 2.14 bits per heavy atom. The van der Waals surface area contributed by atoms with Crippen LogP contribution in [0.25, 0.3) is 0 Å². The number of nitrogens with zero attached hydrogens (tertiary/aromatic N) is 1. The second kappa shape index (κ2) is 7.47. The highest BCUT2D eigenvalue weighted by molar-refractivity contribution is 5.74. The summed E-state index contributed by atoms with van der Waals surface area (Å²) in [7, 11) is 0. The number of amides is 2. The van der Waals surface area contributed by atoms with E-state index in [-0.39, 0.29) is 24.7 Å². The third-order valence-corrected chi connectivity index (χ3v) is 3.78. The van der Waals surface area contributed by atoms with Gasteiger partial charge in [0, 0.05) is 6.54 Å². The molecular weight excluding hydrogens is 270 g/mol. The molecule has 2 atom stereocenters. The first kappa shape index (κ1) is 15.9. The molecular formula is C15H25N3O3. The Labute approximate surface area is 125 Å². The number of furan rings is 1. The van der Waals surface area contributed by atoms with Crippen LogP contribution in [0.2, 0.25) is 0 Å². The van der Waals surface area contributed by atoms with Gasteiger partial charge in [0.1, 0.15) is 11.5 Å². The Hall–Kier alpha value is -1.53. The highest BCUT2D eigenvalue weighted by Crippen LogP contribution is 2.25. The predicted octanol–water partition coefficient (Wildman–Crippen LogP) is 1.40. The van der Waals surface area contributed by atoms with Crippen LogP contribution in [0.3, 0.4) is 0 Å². The van der Waals surface area contributed by atoms with Crippen LogP contribution in [0.15, 0.2) is 16.5 Å². The molecule has 6 nitrogen and oxygen atoms in total. The monoisotopic (exact) mass is 295 g/mol. The van der Waals surface area contributed by atoms with E-state index in [1.807, 2.05) is 19.1 Å². The maximum absolute atomic E-state index is 11.8. The van der Waals surface area contributed by atoms with Crippen molar-refractivity contribution in [2.75, 3.05) is 26.2 Å². The first-order valence-electron chi connectivity index (χ1n) is 7.55. The van der Waals surface area contributed by atoms with E-state index in [4.69, 9.17) is 9.52 Å². The molecule has 21 heavy (non-hydrogen) atoms. The summed E-state index contributed by atoms with van der Waals surface area (Å²) in [5.41, 5.74) is 0. The number of urea groups is 1. The van der Waals surface area contributed by atoms with Crippen molar-refractivity contribution in [2.45, 2.75) is 38.8 Å². The molecule has 118 valence electrons. The highest BCUT2D eigenvalue weighted by Gasteiger charge is 2.26. The fourth-order valence-corrected chi connectivity index (χ4v) is 2.61. The number of aryl methyl sites for hydroxylation is 1. The third-order valence-electron chi connectivity index (χ3n) is 3.78. The van der Waals surface area contributed by atoms with Gasteiger partial charge in [-0.25, -0.2) is 4.79 Å². The molecule has 0 aromatic carbocycles. The maximum atomic E-state index is 11.8. The number of carbonyl (C=O) groups excluding carboxylic acids is 1. The van der Waals surface area contributed by atoms with Crippen LogP contribution < -0.4 is 10.6 Å². The molecule has 1 aliphatic rings. The molecule has 0 spiro atoms. The van der Waals surface area contributed by atoms with Gasteiger partial charge in [0.2, 0.25) is 0 Å². The lowest BCUT2D eigenvalue weighted by Crippen LogP contribution is -2.45. The van der Waals surface area contributed by atoms with Crippen LogP contribution >= 0.6 is 0 Å². The first-order chi connectivity index (χ1) is 10.1. The highest BCUT2D eigenvalue weighted by atomic mass is 16.3. The van der Waals surface area contributed by atoms with Crippen LogP contribution in [-0.4, -0.2) is 48.3 Å². The Kier molecular flexibility index (Phi) is 5.64. The van der Waals surface area contributed by atoms with Crippen molar-refractivity contribution < 1.29 is 14.3 Å². The predicted molar refractivity (Wildman–Crippen MR) is 80.1 cm³/mol. The number of likely N-dealkylation sites (tertiary alicyclic amines) is 1. The fourth-order valence-electron chi connectivity index (χ4n) is 2.61.